The Morgan fingerprint density at radius 3 is 2.93 bits per heavy atom. The normalized spacial score (nSPS) is 15.3. The molecule has 1 fully saturated rings. The smallest absolute Gasteiger partial charge is 0.166 e. The fourth-order valence-electron chi connectivity index (χ4n) is 1.29. The van der Waals surface area contributed by atoms with Crippen LogP contribution in [0.25, 0.3) is 0 Å². The number of hydrogen-bond donors (Lipinski definition) is 2. The van der Waals surface area contributed by atoms with Gasteiger partial charge in [-0.2, -0.15) is 0 Å². The molecular weight excluding hydrogens is 261 g/mol. The maximum absolute atomic E-state index is 13.3. The minimum Gasteiger partial charge on any atom is -0.366 e. The molecule has 0 spiro atoms. The summed E-state index contributed by atoms with van der Waals surface area (Å²) in [6.07, 6.45) is 4.12. The standard InChI is InChI=1S/C10H13BrFN3/c11-7-5-9(12)10(15-6-7)14-4-3-13-8-1-2-8/h5-6,8,13H,1-4H2,(H,14,15). The first kappa shape index (κ1) is 10.8. The van der Waals surface area contributed by atoms with E-state index in [1.807, 2.05) is 0 Å². The second-order valence-corrected chi connectivity index (χ2v) is 4.55. The third kappa shape index (κ3) is 3.43. The summed E-state index contributed by atoms with van der Waals surface area (Å²) in [5.74, 6) is -0.00778. The van der Waals surface area contributed by atoms with Crippen molar-refractivity contribution >= 4 is 21.7 Å². The molecule has 82 valence electrons. The molecule has 15 heavy (non-hydrogen) atoms. The second-order valence-electron chi connectivity index (χ2n) is 3.64. The highest BCUT2D eigenvalue weighted by molar-refractivity contribution is 9.10. The Labute approximate surface area is 96.6 Å². The van der Waals surface area contributed by atoms with Crippen LogP contribution in [0.5, 0.6) is 0 Å². The van der Waals surface area contributed by atoms with Gasteiger partial charge in [-0.3, -0.25) is 0 Å². The number of nitrogens with one attached hydrogen (secondary N) is 2. The van der Waals surface area contributed by atoms with Crippen molar-refractivity contribution in [3.05, 3.63) is 22.6 Å². The minimum absolute atomic E-state index is 0.316. The number of anilines is 1. The lowest BCUT2D eigenvalue weighted by Gasteiger charge is -2.07. The summed E-state index contributed by atoms with van der Waals surface area (Å²) in [6.45, 7) is 1.55. The Hall–Kier alpha value is -0.680. The van der Waals surface area contributed by atoms with Gasteiger partial charge in [-0.25, -0.2) is 9.37 Å². The summed E-state index contributed by atoms with van der Waals surface area (Å²) in [5, 5.41) is 6.29. The molecule has 1 heterocycles. The van der Waals surface area contributed by atoms with Gasteiger partial charge in [-0.15, -0.1) is 0 Å². The van der Waals surface area contributed by atoms with Crippen LogP contribution in [0.4, 0.5) is 10.2 Å². The molecule has 0 atom stereocenters. The SMILES string of the molecule is Fc1cc(Br)cnc1NCCNC1CC1. The number of hydrogen-bond acceptors (Lipinski definition) is 3. The van der Waals surface area contributed by atoms with Crippen molar-refractivity contribution in [3.8, 4) is 0 Å². The van der Waals surface area contributed by atoms with Crippen LogP contribution in [0.15, 0.2) is 16.7 Å². The van der Waals surface area contributed by atoms with E-state index in [4.69, 9.17) is 0 Å². The van der Waals surface area contributed by atoms with E-state index in [0.717, 1.165) is 6.54 Å². The van der Waals surface area contributed by atoms with Crippen molar-refractivity contribution < 1.29 is 4.39 Å². The fraction of sp³-hybridized carbons (Fsp3) is 0.500. The topological polar surface area (TPSA) is 37.0 Å². The van der Waals surface area contributed by atoms with Crippen LogP contribution in [-0.2, 0) is 0 Å². The lowest BCUT2D eigenvalue weighted by atomic mass is 10.4. The van der Waals surface area contributed by atoms with Crippen molar-refractivity contribution in [1.29, 1.82) is 0 Å². The monoisotopic (exact) mass is 273 g/mol. The molecule has 0 unspecified atom stereocenters. The Kier molecular flexibility index (Phi) is 3.53. The van der Waals surface area contributed by atoms with E-state index in [-0.39, 0.29) is 5.82 Å². The van der Waals surface area contributed by atoms with Crippen LogP contribution in [0.3, 0.4) is 0 Å². The van der Waals surface area contributed by atoms with Crippen LogP contribution in [-0.4, -0.2) is 24.1 Å². The van der Waals surface area contributed by atoms with Crippen LogP contribution in [0.2, 0.25) is 0 Å². The Morgan fingerprint density at radius 1 is 1.47 bits per heavy atom. The van der Waals surface area contributed by atoms with Gasteiger partial charge in [0.1, 0.15) is 0 Å². The molecule has 1 aliphatic carbocycles. The van der Waals surface area contributed by atoms with E-state index in [0.29, 0.717) is 22.9 Å². The molecule has 2 rings (SSSR count). The van der Waals surface area contributed by atoms with E-state index in [9.17, 15) is 4.39 Å². The quantitative estimate of drug-likeness (QED) is 0.808. The van der Waals surface area contributed by atoms with Crippen LogP contribution >= 0.6 is 15.9 Å². The molecule has 1 aliphatic rings. The fourth-order valence-corrected chi connectivity index (χ4v) is 1.59. The Morgan fingerprint density at radius 2 is 2.27 bits per heavy atom. The van der Waals surface area contributed by atoms with Gasteiger partial charge in [0, 0.05) is 29.8 Å². The molecule has 3 nitrogen and oxygen atoms in total. The zero-order chi connectivity index (χ0) is 10.7. The molecule has 0 aromatic carbocycles. The molecule has 0 saturated heterocycles. The predicted molar refractivity (Wildman–Crippen MR) is 61.4 cm³/mol. The first-order valence-electron chi connectivity index (χ1n) is 5.04. The van der Waals surface area contributed by atoms with E-state index in [1.165, 1.54) is 18.9 Å². The van der Waals surface area contributed by atoms with Crippen LogP contribution in [0, 0.1) is 5.82 Å². The van der Waals surface area contributed by atoms with E-state index >= 15 is 0 Å². The molecule has 1 aromatic heterocycles. The number of nitrogens with zero attached hydrogens (tertiary/aromatic N) is 1. The highest BCUT2D eigenvalue weighted by atomic mass is 79.9. The number of pyridine rings is 1. The molecule has 1 aromatic rings. The number of halogens is 2. The Bertz CT molecular complexity index is 341. The van der Waals surface area contributed by atoms with Gasteiger partial charge in [-0.05, 0) is 34.8 Å². The van der Waals surface area contributed by atoms with E-state index in [1.54, 1.807) is 6.20 Å². The predicted octanol–water partition coefficient (Wildman–Crippen LogP) is 2.15. The molecule has 2 N–H and O–H groups in total. The van der Waals surface area contributed by atoms with Crippen LogP contribution in [0.1, 0.15) is 12.8 Å². The maximum atomic E-state index is 13.3. The minimum atomic E-state index is -0.323. The average molecular weight is 274 g/mol. The lowest BCUT2D eigenvalue weighted by molar-refractivity contribution is 0.621. The zero-order valence-electron chi connectivity index (χ0n) is 8.26. The molecule has 5 heteroatoms. The largest absolute Gasteiger partial charge is 0.366 e. The summed E-state index contributed by atoms with van der Waals surface area (Å²) in [5.41, 5.74) is 0. The van der Waals surface area contributed by atoms with Gasteiger partial charge in [-0.1, -0.05) is 0 Å². The lowest BCUT2D eigenvalue weighted by Crippen LogP contribution is -2.24. The summed E-state index contributed by atoms with van der Waals surface area (Å²) in [6, 6.07) is 2.10. The van der Waals surface area contributed by atoms with E-state index < -0.39 is 0 Å². The summed E-state index contributed by atoms with van der Waals surface area (Å²) < 4.78 is 13.9. The molecule has 0 aliphatic heterocycles. The maximum Gasteiger partial charge on any atom is 0.166 e. The second kappa shape index (κ2) is 4.90. The third-order valence-electron chi connectivity index (χ3n) is 2.24. The van der Waals surface area contributed by atoms with E-state index in [2.05, 4.69) is 31.5 Å². The van der Waals surface area contributed by atoms with Gasteiger partial charge in [0.2, 0.25) is 0 Å². The van der Waals surface area contributed by atoms with Crippen molar-refractivity contribution in [2.24, 2.45) is 0 Å². The zero-order valence-corrected chi connectivity index (χ0v) is 9.85. The van der Waals surface area contributed by atoms with Gasteiger partial charge < -0.3 is 10.6 Å². The van der Waals surface area contributed by atoms with Crippen molar-refractivity contribution in [2.75, 3.05) is 18.4 Å². The number of aromatic nitrogens is 1. The molecule has 0 bridgehead atoms. The molecular formula is C10H13BrFN3. The van der Waals surface area contributed by atoms with Crippen molar-refractivity contribution in [3.63, 3.8) is 0 Å². The molecule has 1 saturated carbocycles. The third-order valence-corrected chi connectivity index (χ3v) is 2.67. The first-order chi connectivity index (χ1) is 7.25. The molecule has 0 amide bonds. The highest BCUT2D eigenvalue weighted by Crippen LogP contribution is 2.18. The van der Waals surface area contributed by atoms with Gasteiger partial charge in [0.25, 0.3) is 0 Å². The summed E-state index contributed by atoms with van der Waals surface area (Å²) in [4.78, 5) is 3.95. The number of rotatable bonds is 5. The van der Waals surface area contributed by atoms with Crippen molar-refractivity contribution in [2.45, 2.75) is 18.9 Å². The van der Waals surface area contributed by atoms with Gasteiger partial charge in [0.15, 0.2) is 11.6 Å². The van der Waals surface area contributed by atoms with Crippen molar-refractivity contribution in [1.82, 2.24) is 10.3 Å². The summed E-state index contributed by atoms with van der Waals surface area (Å²) >= 11 is 3.16. The summed E-state index contributed by atoms with van der Waals surface area (Å²) in [7, 11) is 0. The van der Waals surface area contributed by atoms with Crippen LogP contribution < -0.4 is 10.6 Å². The Balaban J connectivity index is 1.76. The molecule has 0 radical (unpaired) electrons. The van der Waals surface area contributed by atoms with Gasteiger partial charge >= 0.3 is 0 Å². The average Bonchev–Trinajstić information content (AvgIpc) is 2.99. The highest BCUT2D eigenvalue weighted by Gasteiger charge is 2.19. The first-order valence-corrected chi connectivity index (χ1v) is 5.83. The van der Waals surface area contributed by atoms with Gasteiger partial charge in [0.05, 0.1) is 0 Å².